The Balaban J connectivity index is 1.75. The Kier molecular flexibility index (Phi) is 3.77. The van der Waals surface area contributed by atoms with Gasteiger partial charge in [-0.1, -0.05) is 12.1 Å². The predicted molar refractivity (Wildman–Crippen MR) is 75.6 cm³/mol. The van der Waals surface area contributed by atoms with Crippen molar-refractivity contribution < 1.29 is 4.74 Å². The van der Waals surface area contributed by atoms with Gasteiger partial charge in [0.2, 0.25) is 0 Å². The van der Waals surface area contributed by atoms with Gasteiger partial charge in [0.15, 0.2) is 0 Å². The topological polar surface area (TPSA) is 47.3 Å². The molecule has 2 aliphatic rings. The maximum absolute atomic E-state index is 5.85. The second kappa shape index (κ2) is 5.51. The molecule has 1 saturated carbocycles. The van der Waals surface area contributed by atoms with E-state index < -0.39 is 0 Å². The number of hydrazine groups is 1. The number of nitrogens with two attached hydrogens (primary N) is 1. The number of thioether (sulfide) groups is 1. The minimum atomic E-state index is 0.253. The lowest BCUT2D eigenvalue weighted by Gasteiger charge is -2.23. The highest BCUT2D eigenvalue weighted by Gasteiger charge is 2.27. The minimum absolute atomic E-state index is 0.253. The Morgan fingerprint density at radius 2 is 2.22 bits per heavy atom. The minimum Gasteiger partial charge on any atom is -0.490 e. The van der Waals surface area contributed by atoms with E-state index in [0.29, 0.717) is 12.0 Å². The van der Waals surface area contributed by atoms with Gasteiger partial charge in [-0.15, -0.1) is 0 Å². The molecule has 1 aliphatic heterocycles. The van der Waals surface area contributed by atoms with E-state index in [0.717, 1.165) is 5.75 Å². The van der Waals surface area contributed by atoms with E-state index in [1.807, 2.05) is 17.8 Å². The molecule has 98 valence electrons. The molecule has 0 bridgehead atoms. The van der Waals surface area contributed by atoms with Crippen LogP contribution in [0.25, 0.3) is 0 Å². The number of rotatable bonds is 5. The molecule has 2 atom stereocenters. The molecule has 3 N–H and O–H groups in total. The predicted octanol–water partition coefficient (Wildman–Crippen LogP) is 2.49. The Morgan fingerprint density at radius 1 is 1.33 bits per heavy atom. The van der Waals surface area contributed by atoms with Crippen LogP contribution in [0.5, 0.6) is 5.75 Å². The van der Waals surface area contributed by atoms with Crippen LogP contribution >= 0.6 is 11.8 Å². The van der Waals surface area contributed by atoms with Crippen molar-refractivity contribution in [2.45, 2.75) is 31.4 Å². The van der Waals surface area contributed by atoms with E-state index in [2.05, 4.69) is 23.6 Å². The number of hydrogen-bond donors (Lipinski definition) is 2. The number of nitrogens with one attached hydrogen (secondary N) is 1. The van der Waals surface area contributed by atoms with E-state index in [1.165, 1.54) is 36.3 Å². The third kappa shape index (κ3) is 2.82. The second-order valence-corrected chi connectivity index (χ2v) is 6.31. The van der Waals surface area contributed by atoms with Gasteiger partial charge in [0.05, 0.1) is 6.10 Å². The van der Waals surface area contributed by atoms with Crippen molar-refractivity contribution >= 4 is 11.8 Å². The fourth-order valence-electron chi connectivity index (χ4n) is 2.48. The van der Waals surface area contributed by atoms with Crippen LogP contribution < -0.4 is 16.0 Å². The van der Waals surface area contributed by atoms with Crippen LogP contribution in [0.2, 0.25) is 0 Å². The fourth-order valence-corrected chi connectivity index (χ4v) is 3.78. The summed E-state index contributed by atoms with van der Waals surface area (Å²) in [5, 5.41) is 0. The van der Waals surface area contributed by atoms with Gasteiger partial charge in [-0.2, -0.15) is 11.8 Å². The van der Waals surface area contributed by atoms with E-state index in [1.54, 1.807) is 0 Å². The highest BCUT2D eigenvalue weighted by molar-refractivity contribution is 7.99. The van der Waals surface area contributed by atoms with E-state index >= 15 is 0 Å². The molecule has 0 radical (unpaired) electrons. The summed E-state index contributed by atoms with van der Waals surface area (Å²) in [6.07, 6.45) is 4.09. The van der Waals surface area contributed by atoms with Crippen LogP contribution in [0.4, 0.5) is 0 Å². The van der Waals surface area contributed by atoms with Crippen molar-refractivity contribution in [3.63, 3.8) is 0 Å². The summed E-state index contributed by atoms with van der Waals surface area (Å²) in [6.45, 7) is 0. The quantitative estimate of drug-likeness (QED) is 0.633. The van der Waals surface area contributed by atoms with Gasteiger partial charge in [-0.25, -0.2) is 0 Å². The van der Waals surface area contributed by atoms with Crippen molar-refractivity contribution in [2.24, 2.45) is 11.8 Å². The van der Waals surface area contributed by atoms with Crippen molar-refractivity contribution in [3.8, 4) is 5.75 Å². The molecular weight excluding hydrogens is 244 g/mol. The first kappa shape index (κ1) is 12.3. The summed E-state index contributed by atoms with van der Waals surface area (Å²) < 4.78 is 5.85. The molecule has 1 aromatic rings. The Bertz CT molecular complexity index is 403. The zero-order chi connectivity index (χ0) is 12.4. The Labute approximate surface area is 112 Å². The van der Waals surface area contributed by atoms with Gasteiger partial charge in [-0.05, 0) is 54.4 Å². The van der Waals surface area contributed by atoms with E-state index in [9.17, 15) is 0 Å². The molecule has 0 aromatic heterocycles. The first-order chi connectivity index (χ1) is 8.86. The molecule has 3 nitrogen and oxygen atoms in total. The van der Waals surface area contributed by atoms with Crippen molar-refractivity contribution in [1.82, 2.24) is 5.43 Å². The smallest absolute Gasteiger partial charge is 0.120 e. The summed E-state index contributed by atoms with van der Waals surface area (Å²) in [5.74, 6) is 9.82. The van der Waals surface area contributed by atoms with Gasteiger partial charge >= 0.3 is 0 Å². The molecule has 1 aromatic carbocycles. The summed E-state index contributed by atoms with van der Waals surface area (Å²) in [6, 6.07) is 8.65. The fraction of sp³-hybridized carbons (Fsp3) is 0.571. The molecule has 3 rings (SSSR count). The summed E-state index contributed by atoms with van der Waals surface area (Å²) in [7, 11) is 0. The lowest BCUT2D eigenvalue weighted by molar-refractivity contribution is 0.301. The monoisotopic (exact) mass is 264 g/mol. The SMILES string of the molecule is NNC(c1cccc(OC2CC2)c1)C1CCSC1. The summed E-state index contributed by atoms with van der Waals surface area (Å²) in [5.41, 5.74) is 4.24. The average molecular weight is 264 g/mol. The van der Waals surface area contributed by atoms with E-state index in [-0.39, 0.29) is 6.04 Å². The molecule has 1 heterocycles. The number of hydrogen-bond acceptors (Lipinski definition) is 4. The first-order valence-electron chi connectivity index (χ1n) is 6.67. The number of benzene rings is 1. The molecule has 0 amide bonds. The van der Waals surface area contributed by atoms with Gasteiger partial charge in [-0.3, -0.25) is 11.3 Å². The van der Waals surface area contributed by atoms with Crippen molar-refractivity contribution in [2.75, 3.05) is 11.5 Å². The van der Waals surface area contributed by atoms with Crippen molar-refractivity contribution in [1.29, 1.82) is 0 Å². The lowest BCUT2D eigenvalue weighted by Crippen LogP contribution is -2.33. The van der Waals surface area contributed by atoms with Crippen LogP contribution in [-0.2, 0) is 0 Å². The Morgan fingerprint density at radius 3 is 2.89 bits per heavy atom. The highest BCUT2D eigenvalue weighted by Crippen LogP contribution is 2.35. The molecule has 0 spiro atoms. The zero-order valence-electron chi connectivity index (χ0n) is 10.5. The van der Waals surface area contributed by atoms with Crippen LogP contribution in [-0.4, -0.2) is 17.6 Å². The van der Waals surface area contributed by atoms with Crippen LogP contribution in [0.3, 0.4) is 0 Å². The molecule has 4 heteroatoms. The third-order valence-corrected chi connectivity index (χ3v) is 4.85. The zero-order valence-corrected chi connectivity index (χ0v) is 11.3. The maximum Gasteiger partial charge on any atom is 0.120 e. The summed E-state index contributed by atoms with van der Waals surface area (Å²) in [4.78, 5) is 0. The maximum atomic E-state index is 5.85. The molecule has 2 unspecified atom stereocenters. The largest absolute Gasteiger partial charge is 0.490 e. The molecular formula is C14H20N2OS. The van der Waals surface area contributed by atoms with Gasteiger partial charge in [0.1, 0.15) is 5.75 Å². The third-order valence-electron chi connectivity index (χ3n) is 3.66. The van der Waals surface area contributed by atoms with Gasteiger partial charge < -0.3 is 4.74 Å². The first-order valence-corrected chi connectivity index (χ1v) is 7.83. The standard InChI is InChI=1S/C14H20N2OS/c15-16-14(11-6-7-18-9-11)10-2-1-3-13(8-10)17-12-4-5-12/h1-3,8,11-12,14,16H,4-7,9,15H2. The van der Waals surface area contributed by atoms with Gasteiger partial charge in [0.25, 0.3) is 0 Å². The van der Waals surface area contributed by atoms with Crippen LogP contribution in [0, 0.1) is 5.92 Å². The van der Waals surface area contributed by atoms with E-state index in [4.69, 9.17) is 10.6 Å². The van der Waals surface area contributed by atoms with Crippen LogP contribution in [0.15, 0.2) is 24.3 Å². The highest BCUT2D eigenvalue weighted by atomic mass is 32.2. The molecule has 2 fully saturated rings. The van der Waals surface area contributed by atoms with Gasteiger partial charge in [0, 0.05) is 6.04 Å². The number of ether oxygens (including phenoxy) is 1. The second-order valence-electron chi connectivity index (χ2n) is 5.16. The average Bonchev–Trinajstić information content (AvgIpc) is 3.04. The normalized spacial score (nSPS) is 25.1. The van der Waals surface area contributed by atoms with Crippen LogP contribution in [0.1, 0.15) is 30.9 Å². The molecule has 18 heavy (non-hydrogen) atoms. The molecule has 1 aliphatic carbocycles. The molecule has 1 saturated heterocycles. The lowest BCUT2D eigenvalue weighted by atomic mass is 9.93. The Hall–Kier alpha value is -0.710. The van der Waals surface area contributed by atoms with Crippen molar-refractivity contribution in [3.05, 3.63) is 29.8 Å². The summed E-state index contributed by atoms with van der Waals surface area (Å²) >= 11 is 2.02.